The SMILES string of the molecule is C=Cc1cccc(N(c2ccc(C(C)C)cc2)c2ccc(C(C)(C)CCCCC)cc2)c1. The van der Waals surface area contributed by atoms with Gasteiger partial charge in [-0.25, -0.2) is 0 Å². The van der Waals surface area contributed by atoms with Crippen molar-refractivity contribution >= 4 is 23.1 Å². The van der Waals surface area contributed by atoms with E-state index in [1.807, 2.05) is 6.08 Å². The molecule has 0 aliphatic heterocycles. The molecule has 0 aliphatic carbocycles. The quantitative estimate of drug-likeness (QED) is 0.292. The lowest BCUT2D eigenvalue weighted by Gasteiger charge is -2.29. The second-order valence-electron chi connectivity index (χ2n) is 9.77. The summed E-state index contributed by atoms with van der Waals surface area (Å²) in [6.45, 7) is 15.4. The van der Waals surface area contributed by atoms with Gasteiger partial charge in [0.15, 0.2) is 0 Å². The fourth-order valence-corrected chi connectivity index (χ4v) is 4.27. The summed E-state index contributed by atoms with van der Waals surface area (Å²) in [5.74, 6) is 0.524. The highest BCUT2D eigenvalue weighted by molar-refractivity contribution is 5.78. The molecule has 0 aromatic heterocycles. The Morgan fingerprint density at radius 1 is 0.844 bits per heavy atom. The molecule has 168 valence electrons. The first-order valence-electron chi connectivity index (χ1n) is 12.1. The molecule has 0 bridgehead atoms. The van der Waals surface area contributed by atoms with Gasteiger partial charge in [-0.1, -0.05) is 103 Å². The summed E-state index contributed by atoms with van der Waals surface area (Å²) in [5, 5.41) is 0. The van der Waals surface area contributed by atoms with E-state index < -0.39 is 0 Å². The highest BCUT2D eigenvalue weighted by Crippen LogP contribution is 2.37. The summed E-state index contributed by atoms with van der Waals surface area (Å²) in [7, 11) is 0. The first-order valence-corrected chi connectivity index (χ1v) is 12.1. The molecule has 3 aromatic carbocycles. The zero-order valence-corrected chi connectivity index (χ0v) is 20.6. The zero-order chi connectivity index (χ0) is 23.1. The van der Waals surface area contributed by atoms with Gasteiger partial charge >= 0.3 is 0 Å². The third-order valence-electron chi connectivity index (χ3n) is 6.49. The summed E-state index contributed by atoms with van der Waals surface area (Å²) < 4.78 is 0. The molecule has 32 heavy (non-hydrogen) atoms. The molecule has 1 nitrogen and oxygen atoms in total. The molecule has 0 heterocycles. The lowest BCUT2D eigenvalue weighted by atomic mass is 9.80. The average Bonchev–Trinajstić information content (AvgIpc) is 2.80. The predicted octanol–water partition coefficient (Wildman–Crippen LogP) is 9.78. The van der Waals surface area contributed by atoms with E-state index in [4.69, 9.17) is 0 Å². The Bertz CT molecular complexity index is 993. The van der Waals surface area contributed by atoms with E-state index in [0.717, 1.165) is 11.3 Å². The maximum absolute atomic E-state index is 3.96. The number of anilines is 3. The Morgan fingerprint density at radius 2 is 1.47 bits per heavy atom. The van der Waals surface area contributed by atoms with E-state index in [2.05, 4.69) is 119 Å². The Morgan fingerprint density at radius 3 is 2.03 bits per heavy atom. The minimum atomic E-state index is 0.195. The van der Waals surface area contributed by atoms with Crippen LogP contribution in [0, 0.1) is 0 Å². The van der Waals surface area contributed by atoms with Gasteiger partial charge in [0.05, 0.1) is 0 Å². The molecule has 0 saturated carbocycles. The molecule has 0 radical (unpaired) electrons. The Kier molecular flexibility index (Phi) is 7.96. The molecule has 0 aliphatic rings. The minimum absolute atomic E-state index is 0.195. The highest BCUT2D eigenvalue weighted by atomic mass is 15.1. The zero-order valence-electron chi connectivity index (χ0n) is 20.6. The smallest absolute Gasteiger partial charge is 0.0467 e. The molecule has 0 N–H and O–H groups in total. The highest BCUT2D eigenvalue weighted by Gasteiger charge is 2.21. The van der Waals surface area contributed by atoms with E-state index in [9.17, 15) is 0 Å². The molecule has 0 unspecified atom stereocenters. The maximum atomic E-state index is 3.96. The second kappa shape index (κ2) is 10.7. The van der Waals surface area contributed by atoms with Crippen LogP contribution in [0.4, 0.5) is 17.1 Å². The number of benzene rings is 3. The second-order valence-corrected chi connectivity index (χ2v) is 9.77. The monoisotopic (exact) mass is 425 g/mol. The normalized spacial score (nSPS) is 11.6. The Balaban J connectivity index is 1.98. The summed E-state index contributed by atoms with van der Waals surface area (Å²) in [4.78, 5) is 2.34. The van der Waals surface area contributed by atoms with E-state index in [0.29, 0.717) is 5.92 Å². The largest absolute Gasteiger partial charge is 0.310 e. The molecule has 3 aromatic rings. The first-order chi connectivity index (χ1) is 15.4. The van der Waals surface area contributed by atoms with Crippen molar-refractivity contribution in [3.8, 4) is 0 Å². The average molecular weight is 426 g/mol. The van der Waals surface area contributed by atoms with E-state index in [1.54, 1.807) is 0 Å². The number of unbranched alkanes of at least 4 members (excludes halogenated alkanes) is 2. The lowest BCUT2D eigenvalue weighted by molar-refractivity contribution is 0.450. The van der Waals surface area contributed by atoms with Crippen molar-refractivity contribution in [1.82, 2.24) is 0 Å². The third-order valence-corrected chi connectivity index (χ3v) is 6.49. The summed E-state index contributed by atoms with van der Waals surface area (Å²) in [6.07, 6.45) is 6.99. The van der Waals surface area contributed by atoms with Crippen LogP contribution in [-0.2, 0) is 5.41 Å². The Hall–Kier alpha value is -2.80. The fourth-order valence-electron chi connectivity index (χ4n) is 4.27. The van der Waals surface area contributed by atoms with E-state index in [-0.39, 0.29) is 5.41 Å². The van der Waals surface area contributed by atoms with E-state index in [1.165, 1.54) is 48.2 Å². The van der Waals surface area contributed by atoms with Gasteiger partial charge in [-0.15, -0.1) is 0 Å². The van der Waals surface area contributed by atoms with Crippen molar-refractivity contribution in [3.05, 3.63) is 96.1 Å². The topological polar surface area (TPSA) is 3.24 Å². The van der Waals surface area contributed by atoms with Crippen molar-refractivity contribution in [1.29, 1.82) is 0 Å². The van der Waals surface area contributed by atoms with Gasteiger partial charge in [-0.2, -0.15) is 0 Å². The molecular weight excluding hydrogens is 386 g/mol. The van der Waals surface area contributed by atoms with Gasteiger partial charge in [-0.3, -0.25) is 0 Å². The van der Waals surface area contributed by atoms with Crippen LogP contribution in [-0.4, -0.2) is 0 Å². The summed E-state index contributed by atoms with van der Waals surface area (Å²) in [6, 6.07) is 26.7. The van der Waals surface area contributed by atoms with Crippen LogP contribution >= 0.6 is 0 Å². The molecule has 0 fully saturated rings. The maximum Gasteiger partial charge on any atom is 0.0467 e. The first kappa shape index (κ1) is 23.9. The summed E-state index contributed by atoms with van der Waals surface area (Å²) in [5.41, 5.74) is 7.59. The number of nitrogens with zero attached hydrogens (tertiary/aromatic N) is 1. The van der Waals surface area contributed by atoms with Crippen LogP contribution in [0.5, 0.6) is 0 Å². The van der Waals surface area contributed by atoms with Crippen LogP contribution in [0.2, 0.25) is 0 Å². The molecule has 0 amide bonds. The number of hydrogen-bond donors (Lipinski definition) is 0. The standard InChI is InChI=1S/C31H39N/c1-7-9-10-22-31(5,6)27-16-20-29(21-17-27)32(30-13-11-12-25(8-2)23-30)28-18-14-26(15-19-28)24(3)4/h8,11-21,23-24H,2,7,9-10,22H2,1,3-6H3. The molecule has 1 heteroatoms. The van der Waals surface area contributed by atoms with E-state index >= 15 is 0 Å². The van der Waals surface area contributed by atoms with Crippen molar-refractivity contribution in [2.75, 3.05) is 4.90 Å². The van der Waals surface area contributed by atoms with Crippen LogP contribution in [0.1, 0.15) is 82.9 Å². The fraction of sp³-hybridized carbons (Fsp3) is 0.355. The van der Waals surface area contributed by atoms with Crippen molar-refractivity contribution in [2.24, 2.45) is 0 Å². The predicted molar refractivity (Wildman–Crippen MR) is 142 cm³/mol. The lowest BCUT2D eigenvalue weighted by Crippen LogP contribution is -2.17. The van der Waals surface area contributed by atoms with Crippen LogP contribution in [0.15, 0.2) is 79.4 Å². The molecule has 0 atom stereocenters. The molecule has 0 spiro atoms. The van der Waals surface area contributed by atoms with Crippen LogP contribution in [0.3, 0.4) is 0 Å². The molecular formula is C31H39N. The van der Waals surface area contributed by atoms with Gasteiger partial charge in [0, 0.05) is 17.1 Å². The van der Waals surface area contributed by atoms with Gasteiger partial charge in [-0.05, 0) is 70.8 Å². The number of hydrogen-bond acceptors (Lipinski definition) is 1. The summed E-state index contributed by atoms with van der Waals surface area (Å²) >= 11 is 0. The molecule has 0 saturated heterocycles. The van der Waals surface area contributed by atoms with Gasteiger partial charge in [0.1, 0.15) is 0 Å². The van der Waals surface area contributed by atoms with Gasteiger partial charge < -0.3 is 4.90 Å². The Labute approximate surface area is 195 Å². The van der Waals surface area contributed by atoms with Crippen molar-refractivity contribution in [3.63, 3.8) is 0 Å². The van der Waals surface area contributed by atoms with Crippen molar-refractivity contribution in [2.45, 2.75) is 71.6 Å². The van der Waals surface area contributed by atoms with Crippen molar-refractivity contribution < 1.29 is 0 Å². The van der Waals surface area contributed by atoms with Crippen LogP contribution in [0.25, 0.3) is 6.08 Å². The van der Waals surface area contributed by atoms with Gasteiger partial charge in [0.2, 0.25) is 0 Å². The van der Waals surface area contributed by atoms with Gasteiger partial charge in [0.25, 0.3) is 0 Å². The molecule has 3 rings (SSSR count). The minimum Gasteiger partial charge on any atom is -0.310 e. The third kappa shape index (κ3) is 5.71. The number of rotatable bonds is 10. The van der Waals surface area contributed by atoms with Crippen LogP contribution < -0.4 is 4.90 Å².